The van der Waals surface area contributed by atoms with Crippen molar-refractivity contribution in [1.29, 1.82) is 0 Å². The van der Waals surface area contributed by atoms with E-state index in [-0.39, 0.29) is 0 Å². The van der Waals surface area contributed by atoms with Crippen molar-refractivity contribution in [2.45, 2.75) is 12.2 Å². The van der Waals surface area contributed by atoms with Gasteiger partial charge >= 0.3 is 0 Å². The van der Waals surface area contributed by atoms with E-state index in [4.69, 9.17) is 0 Å². The molecule has 0 aliphatic heterocycles. The lowest BCUT2D eigenvalue weighted by molar-refractivity contribution is 0.583. The van der Waals surface area contributed by atoms with Crippen molar-refractivity contribution < 1.29 is 8.42 Å². The van der Waals surface area contributed by atoms with Crippen LogP contribution in [-0.4, -0.2) is 32.2 Å². The highest BCUT2D eigenvalue weighted by atomic mass is 32.2. The highest BCUT2D eigenvalue weighted by molar-refractivity contribution is 7.93. The van der Waals surface area contributed by atoms with Crippen LogP contribution in [-0.2, 0) is 10.0 Å². The summed E-state index contributed by atoms with van der Waals surface area (Å²) in [5.41, 5.74) is 0. The third-order valence-electron chi connectivity index (χ3n) is 1.68. The molecule has 1 heterocycles. The van der Waals surface area contributed by atoms with Crippen LogP contribution in [0.4, 0.5) is 5.13 Å². The van der Waals surface area contributed by atoms with E-state index >= 15 is 0 Å². The lowest BCUT2D eigenvalue weighted by atomic mass is 10.5. The molecule has 0 aliphatic carbocycles. The molecule has 5 nitrogen and oxygen atoms in total. The Balaban J connectivity index is 2.67. The average molecular weight is 235 g/mol. The molecular weight excluding hydrogens is 222 g/mol. The van der Waals surface area contributed by atoms with Crippen LogP contribution in [0.5, 0.6) is 0 Å². The molecule has 0 amide bonds. The normalized spacial score (nSPS) is 13.9. The van der Waals surface area contributed by atoms with Gasteiger partial charge in [0.2, 0.25) is 10.0 Å². The molecule has 2 N–H and O–H groups in total. The molecule has 1 aromatic rings. The standard InChI is InChI=1S/C7H13N3O2S2/c1-6(5-8-2)14(11,12)10-7-9-3-4-13-7/h3-4,6,8H,5H2,1-2H3,(H,9,10). The van der Waals surface area contributed by atoms with Crippen LogP contribution in [0.2, 0.25) is 0 Å². The van der Waals surface area contributed by atoms with Crippen molar-refractivity contribution in [3.05, 3.63) is 11.6 Å². The summed E-state index contributed by atoms with van der Waals surface area (Å²) in [5, 5.41) is 4.47. The summed E-state index contributed by atoms with van der Waals surface area (Å²) in [6, 6.07) is 0. The Kier molecular flexibility index (Phi) is 3.85. The van der Waals surface area contributed by atoms with Crippen molar-refractivity contribution in [2.24, 2.45) is 0 Å². The molecular formula is C7H13N3O2S2. The summed E-state index contributed by atoms with van der Waals surface area (Å²) in [6.07, 6.45) is 1.56. The largest absolute Gasteiger partial charge is 0.318 e. The molecule has 1 unspecified atom stereocenters. The Bertz CT molecular complexity index is 360. The van der Waals surface area contributed by atoms with Crippen LogP contribution >= 0.6 is 11.3 Å². The number of anilines is 1. The van der Waals surface area contributed by atoms with Gasteiger partial charge in [-0.15, -0.1) is 11.3 Å². The topological polar surface area (TPSA) is 71.1 Å². The Hall–Kier alpha value is -0.660. The summed E-state index contributed by atoms with van der Waals surface area (Å²) in [7, 11) is -1.59. The second-order valence-corrected chi connectivity index (χ2v) is 5.85. The first-order chi connectivity index (χ1) is 6.56. The van der Waals surface area contributed by atoms with E-state index in [0.717, 1.165) is 0 Å². The van der Waals surface area contributed by atoms with Crippen LogP contribution in [0.15, 0.2) is 11.6 Å². The molecule has 1 atom stereocenters. The first-order valence-corrected chi connectivity index (χ1v) is 6.54. The fraction of sp³-hybridized carbons (Fsp3) is 0.571. The van der Waals surface area contributed by atoms with Gasteiger partial charge in [0.25, 0.3) is 0 Å². The molecule has 0 radical (unpaired) electrons. The van der Waals surface area contributed by atoms with Crippen molar-refractivity contribution >= 4 is 26.5 Å². The summed E-state index contributed by atoms with van der Waals surface area (Å²) in [4.78, 5) is 3.85. The molecule has 1 rings (SSSR count). The van der Waals surface area contributed by atoms with E-state index in [1.807, 2.05) is 0 Å². The van der Waals surface area contributed by atoms with E-state index in [0.29, 0.717) is 11.7 Å². The van der Waals surface area contributed by atoms with Crippen LogP contribution in [0, 0.1) is 0 Å². The number of sulfonamides is 1. The molecule has 0 aromatic carbocycles. The van der Waals surface area contributed by atoms with Crippen LogP contribution < -0.4 is 10.0 Å². The molecule has 14 heavy (non-hydrogen) atoms. The Morgan fingerprint density at radius 3 is 2.86 bits per heavy atom. The zero-order valence-corrected chi connectivity index (χ0v) is 9.65. The highest BCUT2D eigenvalue weighted by Crippen LogP contribution is 2.14. The minimum Gasteiger partial charge on any atom is -0.318 e. The maximum atomic E-state index is 11.6. The van der Waals surface area contributed by atoms with Crippen LogP contribution in [0.25, 0.3) is 0 Å². The smallest absolute Gasteiger partial charge is 0.238 e. The predicted molar refractivity (Wildman–Crippen MR) is 58.0 cm³/mol. The van der Waals surface area contributed by atoms with Gasteiger partial charge in [-0.3, -0.25) is 4.72 Å². The number of aromatic nitrogens is 1. The summed E-state index contributed by atoms with van der Waals surface area (Å²) in [5.74, 6) is 0. The molecule has 0 fully saturated rings. The van der Waals surface area contributed by atoms with Gasteiger partial charge in [-0.1, -0.05) is 0 Å². The van der Waals surface area contributed by atoms with Crippen LogP contribution in [0.3, 0.4) is 0 Å². The fourth-order valence-corrected chi connectivity index (χ4v) is 2.69. The Morgan fingerprint density at radius 2 is 2.36 bits per heavy atom. The second-order valence-electron chi connectivity index (χ2n) is 2.85. The summed E-state index contributed by atoms with van der Waals surface area (Å²) in [6.45, 7) is 2.06. The minimum absolute atomic E-state index is 0.410. The maximum Gasteiger partial charge on any atom is 0.238 e. The van der Waals surface area contributed by atoms with E-state index < -0.39 is 15.3 Å². The van der Waals surface area contributed by atoms with Gasteiger partial charge in [-0.2, -0.15) is 0 Å². The van der Waals surface area contributed by atoms with Crippen molar-refractivity contribution in [3.8, 4) is 0 Å². The number of hydrogen-bond donors (Lipinski definition) is 2. The predicted octanol–water partition coefficient (Wildman–Crippen LogP) is 0.493. The van der Waals surface area contributed by atoms with Gasteiger partial charge in [0, 0.05) is 18.1 Å². The first-order valence-electron chi connectivity index (χ1n) is 4.12. The number of hydrogen-bond acceptors (Lipinski definition) is 5. The van der Waals surface area contributed by atoms with Crippen molar-refractivity contribution in [3.63, 3.8) is 0 Å². The van der Waals surface area contributed by atoms with E-state index in [9.17, 15) is 8.42 Å². The van der Waals surface area contributed by atoms with Gasteiger partial charge in [-0.05, 0) is 14.0 Å². The number of rotatable bonds is 5. The molecule has 0 saturated carbocycles. The van der Waals surface area contributed by atoms with Crippen LogP contribution in [0.1, 0.15) is 6.92 Å². The third kappa shape index (κ3) is 2.93. The van der Waals surface area contributed by atoms with E-state index in [1.54, 1.807) is 25.5 Å². The molecule has 0 saturated heterocycles. The number of thiazole rings is 1. The third-order valence-corrected chi connectivity index (χ3v) is 4.20. The highest BCUT2D eigenvalue weighted by Gasteiger charge is 2.20. The van der Waals surface area contributed by atoms with E-state index in [2.05, 4.69) is 15.0 Å². The fourth-order valence-electron chi connectivity index (χ4n) is 0.893. The molecule has 0 bridgehead atoms. The molecule has 1 aromatic heterocycles. The monoisotopic (exact) mass is 235 g/mol. The lowest BCUT2D eigenvalue weighted by Gasteiger charge is -2.12. The van der Waals surface area contributed by atoms with Gasteiger partial charge in [0.05, 0.1) is 5.25 Å². The van der Waals surface area contributed by atoms with E-state index in [1.165, 1.54) is 11.3 Å². The van der Waals surface area contributed by atoms with Gasteiger partial charge < -0.3 is 5.32 Å². The lowest BCUT2D eigenvalue weighted by Crippen LogP contribution is -2.33. The summed E-state index contributed by atoms with van der Waals surface area (Å²) < 4.78 is 25.6. The second kappa shape index (κ2) is 4.72. The number of nitrogens with zero attached hydrogens (tertiary/aromatic N) is 1. The molecule has 7 heteroatoms. The van der Waals surface area contributed by atoms with Crippen molar-refractivity contribution in [1.82, 2.24) is 10.3 Å². The minimum atomic E-state index is -3.31. The zero-order valence-electron chi connectivity index (χ0n) is 8.02. The number of nitrogens with one attached hydrogen (secondary N) is 2. The van der Waals surface area contributed by atoms with Gasteiger partial charge in [0.1, 0.15) is 0 Å². The SMILES string of the molecule is CNCC(C)S(=O)(=O)Nc1nccs1. The summed E-state index contributed by atoms with van der Waals surface area (Å²) >= 11 is 1.26. The molecule has 0 spiro atoms. The average Bonchev–Trinajstić information content (AvgIpc) is 2.56. The first kappa shape index (κ1) is 11.4. The quantitative estimate of drug-likeness (QED) is 0.779. The van der Waals surface area contributed by atoms with Gasteiger partial charge in [0.15, 0.2) is 5.13 Å². The zero-order chi connectivity index (χ0) is 10.6. The van der Waals surface area contributed by atoms with Crippen molar-refractivity contribution in [2.75, 3.05) is 18.3 Å². The Morgan fingerprint density at radius 1 is 1.64 bits per heavy atom. The molecule has 80 valence electrons. The Labute approximate surface area is 87.6 Å². The maximum absolute atomic E-state index is 11.6. The molecule has 0 aliphatic rings. The van der Waals surface area contributed by atoms with Gasteiger partial charge in [-0.25, -0.2) is 13.4 Å².